The molecule has 0 aliphatic heterocycles. The fourth-order valence-corrected chi connectivity index (χ4v) is 11.2. The molecular weight excluding hydrogens is 827 g/mol. The first kappa shape index (κ1) is 40.0. The minimum absolute atomic E-state index is 0.0118. The predicted octanol–water partition coefficient (Wildman–Crippen LogP) is 16.5. The highest BCUT2D eigenvalue weighted by atomic mass is 15.0. The maximum absolute atomic E-state index is 11.2. The Morgan fingerprint density at radius 3 is 1.25 bits per heavy atom. The molecule has 68 heavy (non-hydrogen) atoms. The Labute approximate surface area is 394 Å². The number of hydrogen-bond acceptors (Lipinski definition) is 1. The number of hydrogen-bond donors (Lipinski definition) is 0. The third-order valence-electron chi connectivity index (χ3n) is 14.5. The van der Waals surface area contributed by atoms with Crippen LogP contribution < -0.4 is 0 Å². The second-order valence-corrected chi connectivity index (χ2v) is 20.5. The number of aromatic nitrogens is 4. The van der Waals surface area contributed by atoms with Gasteiger partial charge in [0.05, 0.1) is 55.4 Å². The Kier molecular flexibility index (Phi) is 8.43. The molecule has 4 heterocycles. The Morgan fingerprint density at radius 1 is 0.338 bits per heavy atom. The molecule has 0 bridgehead atoms. The lowest BCUT2D eigenvalue weighted by atomic mass is 9.85. The van der Waals surface area contributed by atoms with Crippen molar-refractivity contribution in [2.45, 2.75) is 52.4 Å². The maximum atomic E-state index is 11.2. The van der Waals surface area contributed by atoms with Gasteiger partial charge in [0.1, 0.15) is 6.07 Å². The molecule has 5 heteroatoms. The molecule has 0 aliphatic rings. The number of nitriles is 1. The highest BCUT2D eigenvalue weighted by Crippen LogP contribution is 2.47. The van der Waals surface area contributed by atoms with Gasteiger partial charge in [0.25, 0.3) is 0 Å². The lowest BCUT2D eigenvalue weighted by Gasteiger charge is -2.19. The van der Waals surface area contributed by atoms with Gasteiger partial charge in [0, 0.05) is 60.2 Å². The quantitative estimate of drug-likeness (QED) is 0.174. The molecule has 5 nitrogen and oxygen atoms in total. The summed E-state index contributed by atoms with van der Waals surface area (Å²) in [5.74, 6) is 0. The molecule has 0 N–H and O–H groups in total. The fraction of sp³-hybridized carbons (Fsp3) is 0.127. The zero-order chi connectivity index (χ0) is 46.2. The smallest absolute Gasteiger partial charge is 0.101 e. The number of para-hydroxylation sites is 4. The van der Waals surface area contributed by atoms with Gasteiger partial charge in [-0.2, -0.15) is 5.26 Å². The minimum Gasteiger partial charge on any atom is -0.309 e. The van der Waals surface area contributed by atoms with Crippen LogP contribution in [0.15, 0.2) is 188 Å². The van der Waals surface area contributed by atoms with Gasteiger partial charge in [-0.05, 0) is 113 Å². The average molecular weight is 876 g/mol. The van der Waals surface area contributed by atoms with Crippen LogP contribution in [0.2, 0.25) is 0 Å². The van der Waals surface area contributed by atoms with Gasteiger partial charge in [-0.15, -0.1) is 0 Å². The Balaban J connectivity index is 1.10. The molecular formula is C63H49N5. The summed E-state index contributed by atoms with van der Waals surface area (Å²) in [6.07, 6.45) is 0. The first-order valence-corrected chi connectivity index (χ1v) is 23.7. The zero-order valence-electron chi connectivity index (χ0n) is 39.1. The summed E-state index contributed by atoms with van der Waals surface area (Å²) in [6, 6.07) is 71.1. The van der Waals surface area contributed by atoms with E-state index in [-0.39, 0.29) is 10.8 Å². The summed E-state index contributed by atoms with van der Waals surface area (Å²) in [5, 5.41) is 20.7. The number of rotatable bonds is 4. The van der Waals surface area contributed by atoms with Crippen LogP contribution in [-0.2, 0) is 10.8 Å². The summed E-state index contributed by atoms with van der Waals surface area (Å²) < 4.78 is 9.57. The van der Waals surface area contributed by atoms with Crippen LogP contribution in [0.1, 0.15) is 58.2 Å². The third kappa shape index (κ3) is 5.67. The van der Waals surface area contributed by atoms with Crippen molar-refractivity contribution in [3.8, 4) is 28.8 Å². The largest absolute Gasteiger partial charge is 0.309 e. The Hall–Kier alpha value is -8.33. The number of nitrogens with zero attached hydrogens (tertiary/aromatic N) is 5. The number of fused-ring (bicyclic) bond motifs is 14. The summed E-state index contributed by atoms with van der Waals surface area (Å²) in [7, 11) is 0. The molecule has 0 fully saturated rings. The van der Waals surface area contributed by atoms with Crippen molar-refractivity contribution in [1.82, 2.24) is 18.3 Å². The van der Waals surface area contributed by atoms with Crippen molar-refractivity contribution >= 4 is 87.2 Å². The highest BCUT2D eigenvalue weighted by molar-refractivity contribution is 6.31. The van der Waals surface area contributed by atoms with Crippen LogP contribution in [0, 0.1) is 11.3 Å². The van der Waals surface area contributed by atoms with E-state index in [1.54, 1.807) is 0 Å². The van der Waals surface area contributed by atoms with Crippen molar-refractivity contribution in [2.75, 3.05) is 0 Å². The maximum Gasteiger partial charge on any atom is 0.101 e. The van der Waals surface area contributed by atoms with Crippen LogP contribution in [0.3, 0.4) is 0 Å². The molecule has 4 aromatic heterocycles. The van der Waals surface area contributed by atoms with Gasteiger partial charge in [0.2, 0.25) is 0 Å². The predicted molar refractivity (Wildman–Crippen MR) is 286 cm³/mol. The summed E-state index contributed by atoms with van der Waals surface area (Å²) in [5.41, 5.74) is 16.3. The van der Waals surface area contributed by atoms with E-state index in [9.17, 15) is 5.26 Å². The molecule has 0 radical (unpaired) electrons. The van der Waals surface area contributed by atoms with Crippen LogP contribution >= 0.6 is 0 Å². The van der Waals surface area contributed by atoms with Gasteiger partial charge >= 0.3 is 0 Å². The van der Waals surface area contributed by atoms with Gasteiger partial charge in [-0.25, -0.2) is 0 Å². The van der Waals surface area contributed by atoms with E-state index in [1.807, 2.05) is 0 Å². The van der Waals surface area contributed by atoms with Crippen molar-refractivity contribution < 1.29 is 0 Å². The molecule has 326 valence electrons. The van der Waals surface area contributed by atoms with Gasteiger partial charge < -0.3 is 18.3 Å². The van der Waals surface area contributed by atoms with Gasteiger partial charge in [-0.3, -0.25) is 0 Å². The van der Waals surface area contributed by atoms with E-state index >= 15 is 0 Å². The van der Waals surface area contributed by atoms with E-state index in [1.165, 1.54) is 65.4 Å². The topological polar surface area (TPSA) is 43.5 Å². The van der Waals surface area contributed by atoms with Crippen LogP contribution in [0.4, 0.5) is 0 Å². The first-order chi connectivity index (χ1) is 33.0. The highest BCUT2D eigenvalue weighted by Gasteiger charge is 2.26. The molecule has 0 atom stereocenters. The van der Waals surface area contributed by atoms with Crippen LogP contribution in [0.25, 0.3) is 110 Å². The number of benzene rings is 9. The van der Waals surface area contributed by atoms with E-state index in [0.717, 1.165) is 55.7 Å². The van der Waals surface area contributed by atoms with Crippen LogP contribution in [0.5, 0.6) is 0 Å². The lowest BCUT2D eigenvalue weighted by molar-refractivity contribution is 0.590. The molecule has 0 unspecified atom stereocenters. The van der Waals surface area contributed by atoms with Crippen molar-refractivity contribution in [3.63, 3.8) is 0 Å². The average Bonchev–Trinajstić information content (AvgIpc) is 4.08. The Morgan fingerprint density at radius 2 is 0.765 bits per heavy atom. The first-order valence-electron chi connectivity index (χ1n) is 23.7. The standard InChI is InChI=1S/C63H49N5/c1-62(2,3)40-25-30-54-49(36-40)50-37-41(63(4,5)6)26-31-55(50)68(54)51-32-27-44(35-39(51)38-64)66-53-24-16-14-22-48(53)59-57(66)34-29-46-45-28-33-56-58(60(45)67(61(46)59)43-19-11-8-12-20-43)47-21-13-15-23-52(47)65(56)42-17-9-7-10-18-42/h7-37H,1-6H3. The summed E-state index contributed by atoms with van der Waals surface area (Å²) in [4.78, 5) is 0. The fourth-order valence-electron chi connectivity index (χ4n) is 11.2. The van der Waals surface area contributed by atoms with Gasteiger partial charge in [-0.1, -0.05) is 139 Å². The minimum atomic E-state index is -0.0118. The molecule has 0 aliphatic carbocycles. The molecule has 9 aromatic carbocycles. The van der Waals surface area contributed by atoms with Crippen LogP contribution in [-0.4, -0.2) is 18.3 Å². The molecule has 0 amide bonds. The van der Waals surface area contributed by atoms with E-state index in [2.05, 4.69) is 254 Å². The lowest BCUT2D eigenvalue weighted by Crippen LogP contribution is -2.10. The summed E-state index contributed by atoms with van der Waals surface area (Å²) in [6.45, 7) is 13.6. The monoisotopic (exact) mass is 875 g/mol. The second kappa shape index (κ2) is 14.3. The van der Waals surface area contributed by atoms with E-state index in [4.69, 9.17) is 0 Å². The summed E-state index contributed by atoms with van der Waals surface area (Å²) >= 11 is 0. The normalized spacial score (nSPS) is 12.5. The van der Waals surface area contributed by atoms with E-state index < -0.39 is 0 Å². The molecule has 0 saturated carbocycles. The molecule has 0 spiro atoms. The SMILES string of the molecule is CC(C)(C)c1ccc2c(c1)c1cc(C(C)(C)C)ccc1n2-c1ccc(-n2c3ccccc3c3c2ccc2c4ccc5c(c6ccccc6n5-c5ccccc5)c4n(-c4ccccc4)c23)cc1C#N. The Bertz CT molecular complexity index is 4200. The second-order valence-electron chi connectivity index (χ2n) is 20.5. The van der Waals surface area contributed by atoms with Gasteiger partial charge in [0.15, 0.2) is 0 Å². The van der Waals surface area contributed by atoms with Crippen molar-refractivity contribution in [1.29, 1.82) is 5.26 Å². The third-order valence-corrected chi connectivity index (χ3v) is 14.5. The zero-order valence-corrected chi connectivity index (χ0v) is 39.1. The van der Waals surface area contributed by atoms with Crippen molar-refractivity contribution in [2.24, 2.45) is 0 Å². The molecule has 0 saturated heterocycles. The molecule has 13 rings (SSSR count). The molecule has 13 aromatic rings. The van der Waals surface area contributed by atoms with E-state index in [0.29, 0.717) is 5.56 Å². The van der Waals surface area contributed by atoms with Crippen molar-refractivity contribution in [3.05, 3.63) is 205 Å².